The number of piperidine rings is 1. The predicted molar refractivity (Wildman–Crippen MR) is 122 cm³/mol. The number of hydrogen-bond acceptors (Lipinski definition) is 6. The third kappa shape index (κ3) is 4.82. The highest BCUT2D eigenvalue weighted by Gasteiger charge is 2.36. The Bertz CT molecular complexity index is 1380. The third-order valence-electron chi connectivity index (χ3n) is 6.14. The van der Waals surface area contributed by atoms with E-state index in [1.54, 1.807) is 0 Å². The number of aromatic nitrogens is 3. The van der Waals surface area contributed by atoms with Crippen LogP contribution in [0, 0.1) is 0 Å². The Morgan fingerprint density at radius 1 is 1.22 bits per heavy atom. The number of pyridine rings is 1. The molecule has 1 aliphatic heterocycles. The molecule has 36 heavy (non-hydrogen) atoms. The zero-order valence-electron chi connectivity index (χ0n) is 19.2. The molecule has 1 fully saturated rings. The zero-order valence-corrected chi connectivity index (χ0v) is 19.2. The molecule has 8 nitrogen and oxygen atoms in total. The topological polar surface area (TPSA) is 100 Å². The normalized spacial score (nSPS) is 16.7. The number of nitrogens with zero attached hydrogens (tertiary/aromatic N) is 4. The van der Waals surface area contributed by atoms with Gasteiger partial charge < -0.3 is 15.3 Å². The van der Waals surface area contributed by atoms with Crippen molar-refractivity contribution >= 4 is 28.5 Å². The van der Waals surface area contributed by atoms with Crippen LogP contribution in [0.1, 0.15) is 47.4 Å². The van der Waals surface area contributed by atoms with Gasteiger partial charge in [-0.15, -0.1) is 0 Å². The van der Waals surface area contributed by atoms with Crippen molar-refractivity contribution in [2.75, 3.05) is 23.3 Å². The maximum Gasteiger partial charge on any atom is 0.416 e. The minimum Gasteiger partial charge on any atom is -0.476 e. The lowest BCUT2D eigenvalue weighted by atomic mass is 10.00. The number of rotatable bonds is 5. The number of carboxylic acid groups (broad SMARTS) is 1. The molecule has 0 aliphatic carbocycles. The van der Waals surface area contributed by atoms with Gasteiger partial charge in [0.05, 0.1) is 28.2 Å². The summed E-state index contributed by atoms with van der Waals surface area (Å²) in [6.45, 7) is 1.33. The molecule has 192 valence electrons. The predicted octanol–water partition coefficient (Wildman–Crippen LogP) is 4.45. The van der Waals surface area contributed by atoms with E-state index in [4.69, 9.17) is 0 Å². The largest absolute Gasteiger partial charge is 0.476 e. The molecule has 3 aromatic rings. The molecule has 0 spiro atoms. The number of aromatic carboxylic acids is 1. The van der Waals surface area contributed by atoms with Gasteiger partial charge >= 0.3 is 12.1 Å². The molecule has 1 aliphatic rings. The van der Waals surface area contributed by atoms with Crippen LogP contribution in [0.5, 0.6) is 0 Å². The molecule has 0 saturated carbocycles. The highest BCUT2D eigenvalue weighted by Crippen LogP contribution is 2.36. The number of anilines is 2. The van der Waals surface area contributed by atoms with Crippen LogP contribution in [0.2, 0.25) is 0 Å². The van der Waals surface area contributed by atoms with E-state index < -0.39 is 48.1 Å². The van der Waals surface area contributed by atoms with Gasteiger partial charge in [0, 0.05) is 44.7 Å². The first kappa shape index (κ1) is 25.3. The summed E-state index contributed by atoms with van der Waals surface area (Å²) in [7, 11) is 1.33. The molecule has 1 saturated heterocycles. The van der Waals surface area contributed by atoms with Crippen molar-refractivity contribution < 1.29 is 31.9 Å². The summed E-state index contributed by atoms with van der Waals surface area (Å²) in [6.07, 6.45) is -4.40. The molecule has 2 N–H and O–H groups in total. The van der Waals surface area contributed by atoms with Crippen LogP contribution >= 0.6 is 0 Å². The van der Waals surface area contributed by atoms with Crippen molar-refractivity contribution in [3.63, 3.8) is 0 Å². The minimum absolute atomic E-state index is 0.0127. The number of benzene rings is 1. The van der Waals surface area contributed by atoms with E-state index in [0.717, 1.165) is 10.6 Å². The lowest BCUT2D eigenvalue weighted by molar-refractivity contribution is -0.137. The molecule has 2 aromatic heterocycles. The van der Waals surface area contributed by atoms with E-state index in [1.165, 1.54) is 37.2 Å². The average molecular weight is 511 g/mol. The summed E-state index contributed by atoms with van der Waals surface area (Å²) in [5.41, 5.74) is -2.17. The van der Waals surface area contributed by atoms with Gasteiger partial charge in [-0.1, -0.05) is 0 Å². The van der Waals surface area contributed by atoms with Gasteiger partial charge in [0.2, 0.25) is 5.95 Å². The van der Waals surface area contributed by atoms with Gasteiger partial charge in [0.1, 0.15) is 0 Å². The fraction of sp³-hybridized carbons (Fsp3) is 0.391. The van der Waals surface area contributed by atoms with Crippen LogP contribution in [0.4, 0.5) is 33.6 Å². The molecule has 3 heterocycles. The standard InChI is InChI=1S/C23H22F5N5O3/c1-12(30-16-4-3-7-29-18(16)20(35)36)14-10-13(23(26,27)28)11-15-17(14)31-21(32(2)19(15)34)33-8-5-22(24,25)6-9-33/h3-4,7,10-12,30H,5-6,8-9H2,1-2H3,(H,35,36)/t12-/m1/s1. The summed E-state index contributed by atoms with van der Waals surface area (Å²) in [4.78, 5) is 34.4. The van der Waals surface area contributed by atoms with Crippen molar-refractivity contribution in [2.45, 2.75) is 37.9 Å². The number of halogens is 5. The monoisotopic (exact) mass is 511 g/mol. The van der Waals surface area contributed by atoms with Crippen LogP contribution < -0.4 is 15.8 Å². The Morgan fingerprint density at radius 2 is 1.89 bits per heavy atom. The fourth-order valence-corrected chi connectivity index (χ4v) is 4.20. The average Bonchev–Trinajstić information content (AvgIpc) is 2.80. The summed E-state index contributed by atoms with van der Waals surface area (Å²) in [5.74, 6) is -4.12. The second kappa shape index (κ2) is 9.03. The third-order valence-corrected chi connectivity index (χ3v) is 6.14. The Kier molecular flexibility index (Phi) is 6.35. The molecule has 4 rings (SSSR count). The van der Waals surface area contributed by atoms with Crippen LogP contribution in [0.3, 0.4) is 0 Å². The number of carbonyl (C=O) groups is 1. The molecule has 0 unspecified atom stereocenters. The van der Waals surface area contributed by atoms with E-state index in [0.29, 0.717) is 6.07 Å². The Balaban J connectivity index is 1.88. The first-order valence-electron chi connectivity index (χ1n) is 11.0. The first-order valence-corrected chi connectivity index (χ1v) is 11.0. The van der Waals surface area contributed by atoms with Crippen molar-refractivity contribution in [3.8, 4) is 0 Å². The molecule has 1 atom stereocenters. The summed E-state index contributed by atoms with van der Waals surface area (Å²) < 4.78 is 69.5. The lowest BCUT2D eigenvalue weighted by Gasteiger charge is -2.33. The van der Waals surface area contributed by atoms with E-state index in [1.807, 2.05) is 0 Å². The SMILES string of the molecule is C[C@@H](Nc1cccnc1C(=O)O)c1cc(C(F)(F)F)cc2c(=O)n(C)c(N3CCC(F)(F)CC3)nc12. The van der Waals surface area contributed by atoms with Gasteiger partial charge in [-0.3, -0.25) is 9.36 Å². The molecule has 0 amide bonds. The number of fused-ring (bicyclic) bond motifs is 1. The number of nitrogens with one attached hydrogen (secondary N) is 1. The molecular weight excluding hydrogens is 489 g/mol. The molecule has 1 aromatic carbocycles. The maximum atomic E-state index is 13.7. The summed E-state index contributed by atoms with van der Waals surface area (Å²) in [5, 5.41) is 11.9. The van der Waals surface area contributed by atoms with Gasteiger partial charge in [-0.25, -0.2) is 23.5 Å². The van der Waals surface area contributed by atoms with Crippen LogP contribution in [-0.2, 0) is 13.2 Å². The number of hydrogen-bond donors (Lipinski definition) is 2. The van der Waals surface area contributed by atoms with Crippen LogP contribution in [0.15, 0.2) is 35.3 Å². The molecule has 0 radical (unpaired) electrons. The van der Waals surface area contributed by atoms with E-state index in [2.05, 4.69) is 15.3 Å². The Hall–Kier alpha value is -3.77. The summed E-state index contributed by atoms with van der Waals surface area (Å²) in [6, 6.07) is 3.49. The molecule has 13 heteroatoms. The zero-order chi connectivity index (χ0) is 26.4. The molecule has 0 bridgehead atoms. The smallest absolute Gasteiger partial charge is 0.416 e. The highest BCUT2D eigenvalue weighted by molar-refractivity contribution is 5.92. The van der Waals surface area contributed by atoms with Gasteiger partial charge in [0.25, 0.3) is 11.5 Å². The van der Waals surface area contributed by atoms with Crippen molar-refractivity contribution in [1.82, 2.24) is 14.5 Å². The van der Waals surface area contributed by atoms with Gasteiger partial charge in [-0.2, -0.15) is 13.2 Å². The maximum absolute atomic E-state index is 13.7. The molecular formula is C23H22F5N5O3. The fourth-order valence-electron chi connectivity index (χ4n) is 4.20. The Labute approximate surface area is 201 Å². The first-order chi connectivity index (χ1) is 16.8. The van der Waals surface area contributed by atoms with E-state index in [9.17, 15) is 36.6 Å². The van der Waals surface area contributed by atoms with E-state index in [-0.39, 0.29) is 46.9 Å². The van der Waals surface area contributed by atoms with Crippen molar-refractivity contribution in [1.29, 1.82) is 0 Å². The van der Waals surface area contributed by atoms with Crippen LogP contribution in [0.25, 0.3) is 10.9 Å². The minimum atomic E-state index is -4.77. The highest BCUT2D eigenvalue weighted by atomic mass is 19.4. The quantitative estimate of drug-likeness (QED) is 0.488. The van der Waals surface area contributed by atoms with Gasteiger partial charge in [0.15, 0.2) is 5.69 Å². The van der Waals surface area contributed by atoms with Gasteiger partial charge in [-0.05, 0) is 31.2 Å². The Morgan fingerprint density at radius 3 is 2.50 bits per heavy atom. The van der Waals surface area contributed by atoms with Crippen LogP contribution in [-0.4, -0.2) is 44.6 Å². The van der Waals surface area contributed by atoms with Crippen molar-refractivity contribution in [2.24, 2.45) is 7.05 Å². The van der Waals surface area contributed by atoms with E-state index >= 15 is 0 Å². The second-order valence-electron chi connectivity index (χ2n) is 8.65. The lowest BCUT2D eigenvalue weighted by Crippen LogP contribution is -2.42. The summed E-state index contributed by atoms with van der Waals surface area (Å²) >= 11 is 0. The second-order valence-corrected chi connectivity index (χ2v) is 8.65. The number of alkyl halides is 5. The number of carboxylic acids is 1. The van der Waals surface area contributed by atoms with Crippen molar-refractivity contribution in [3.05, 3.63) is 57.6 Å².